The highest BCUT2D eigenvalue weighted by molar-refractivity contribution is 7.18. The molecule has 0 aliphatic heterocycles. The number of halogens is 1. The Hall–Kier alpha value is -2.83. The lowest BCUT2D eigenvalue weighted by Crippen LogP contribution is -2.39. The summed E-state index contributed by atoms with van der Waals surface area (Å²) in [6.07, 6.45) is 5.16. The standard InChI is InChI=1S/C26H25ClN2O3S/c1-2-32-19-14-12-18(13-15-19)29-24(30)23-20-9-4-3-5-11-22(20)33-25(23)28(26(29)31)16-17-8-6-7-10-21(17)27/h6-8,10,12-15H,2-5,9,11,16H2,1H3. The van der Waals surface area contributed by atoms with Crippen molar-refractivity contribution in [1.29, 1.82) is 0 Å². The molecule has 2 aromatic heterocycles. The maximum absolute atomic E-state index is 13.8. The molecule has 33 heavy (non-hydrogen) atoms. The molecule has 2 aromatic carbocycles. The zero-order valence-corrected chi connectivity index (χ0v) is 20.0. The number of thiophene rings is 1. The molecule has 0 bridgehead atoms. The Bertz CT molecular complexity index is 1430. The number of nitrogens with zero attached hydrogens (tertiary/aromatic N) is 2. The Morgan fingerprint density at radius 2 is 1.76 bits per heavy atom. The van der Waals surface area contributed by atoms with Gasteiger partial charge < -0.3 is 4.74 Å². The second-order valence-electron chi connectivity index (χ2n) is 8.27. The summed E-state index contributed by atoms with van der Waals surface area (Å²) in [6.45, 7) is 2.78. The molecule has 0 radical (unpaired) electrons. The average Bonchev–Trinajstić information content (AvgIpc) is 3.02. The fourth-order valence-electron chi connectivity index (χ4n) is 4.57. The molecule has 0 N–H and O–H groups in total. The zero-order valence-electron chi connectivity index (χ0n) is 18.5. The number of aryl methyl sites for hydroxylation is 2. The fraction of sp³-hybridized carbons (Fsp3) is 0.308. The van der Waals surface area contributed by atoms with Crippen LogP contribution >= 0.6 is 22.9 Å². The Labute approximate surface area is 200 Å². The van der Waals surface area contributed by atoms with E-state index in [4.69, 9.17) is 16.3 Å². The molecule has 2 heterocycles. The molecule has 0 amide bonds. The summed E-state index contributed by atoms with van der Waals surface area (Å²) in [5, 5.41) is 1.28. The third-order valence-electron chi connectivity index (χ3n) is 6.18. The van der Waals surface area contributed by atoms with Crippen LogP contribution in [0.3, 0.4) is 0 Å². The van der Waals surface area contributed by atoms with Crippen molar-refractivity contribution in [3.63, 3.8) is 0 Å². The lowest BCUT2D eigenvalue weighted by Gasteiger charge is -2.14. The van der Waals surface area contributed by atoms with Crippen LogP contribution in [0.15, 0.2) is 58.1 Å². The molecule has 0 fully saturated rings. The molecule has 170 valence electrons. The van der Waals surface area contributed by atoms with E-state index in [9.17, 15) is 9.59 Å². The highest BCUT2D eigenvalue weighted by atomic mass is 35.5. The van der Waals surface area contributed by atoms with Crippen LogP contribution in [0.2, 0.25) is 5.02 Å². The van der Waals surface area contributed by atoms with Crippen LogP contribution in [0.4, 0.5) is 0 Å². The van der Waals surface area contributed by atoms with Crippen LogP contribution in [0.1, 0.15) is 42.2 Å². The van der Waals surface area contributed by atoms with Gasteiger partial charge in [0.05, 0.1) is 24.2 Å². The number of aromatic nitrogens is 2. The maximum Gasteiger partial charge on any atom is 0.337 e. The normalized spacial score (nSPS) is 13.6. The molecule has 0 saturated carbocycles. The number of hydrogen-bond acceptors (Lipinski definition) is 4. The summed E-state index contributed by atoms with van der Waals surface area (Å²) in [7, 11) is 0. The van der Waals surface area contributed by atoms with E-state index >= 15 is 0 Å². The van der Waals surface area contributed by atoms with Gasteiger partial charge in [-0.05, 0) is 74.1 Å². The number of rotatable bonds is 5. The minimum atomic E-state index is -0.354. The Morgan fingerprint density at radius 3 is 2.52 bits per heavy atom. The van der Waals surface area contributed by atoms with Crippen molar-refractivity contribution >= 4 is 33.2 Å². The van der Waals surface area contributed by atoms with E-state index in [1.165, 1.54) is 9.44 Å². The van der Waals surface area contributed by atoms with Crippen molar-refractivity contribution < 1.29 is 4.74 Å². The van der Waals surface area contributed by atoms with Gasteiger partial charge >= 0.3 is 5.69 Å². The fourth-order valence-corrected chi connectivity index (χ4v) is 6.14. The van der Waals surface area contributed by atoms with Gasteiger partial charge in [-0.2, -0.15) is 0 Å². The zero-order chi connectivity index (χ0) is 22.9. The average molecular weight is 481 g/mol. The first-order chi connectivity index (χ1) is 16.1. The number of hydrogen-bond donors (Lipinski definition) is 0. The third kappa shape index (κ3) is 4.02. The Balaban J connectivity index is 1.78. The summed E-state index contributed by atoms with van der Waals surface area (Å²) in [5.41, 5.74) is 1.91. The van der Waals surface area contributed by atoms with Gasteiger partial charge in [0, 0.05) is 9.90 Å². The predicted octanol–water partition coefficient (Wildman–Crippen LogP) is 5.58. The van der Waals surface area contributed by atoms with Gasteiger partial charge in [-0.15, -0.1) is 11.3 Å². The van der Waals surface area contributed by atoms with Crippen molar-refractivity contribution in [3.05, 3.63) is 90.4 Å². The number of ether oxygens (including phenoxy) is 1. The molecule has 4 aromatic rings. The second kappa shape index (κ2) is 9.20. The van der Waals surface area contributed by atoms with Gasteiger partial charge in [0.25, 0.3) is 5.56 Å². The molecular weight excluding hydrogens is 456 g/mol. The van der Waals surface area contributed by atoms with E-state index in [2.05, 4.69) is 0 Å². The minimum Gasteiger partial charge on any atom is -0.494 e. The van der Waals surface area contributed by atoms with Crippen LogP contribution in [0.5, 0.6) is 5.75 Å². The second-order valence-corrected chi connectivity index (χ2v) is 9.76. The van der Waals surface area contributed by atoms with Crippen molar-refractivity contribution in [2.45, 2.75) is 45.6 Å². The topological polar surface area (TPSA) is 53.2 Å². The van der Waals surface area contributed by atoms with Gasteiger partial charge in [-0.25, -0.2) is 9.36 Å². The summed E-state index contributed by atoms with van der Waals surface area (Å²) in [6, 6.07) is 14.7. The monoisotopic (exact) mass is 480 g/mol. The summed E-state index contributed by atoms with van der Waals surface area (Å²) >= 11 is 8.03. The van der Waals surface area contributed by atoms with Gasteiger partial charge in [-0.3, -0.25) is 9.36 Å². The van der Waals surface area contributed by atoms with Crippen molar-refractivity contribution in [2.24, 2.45) is 0 Å². The molecular formula is C26H25ClN2O3S. The van der Waals surface area contributed by atoms with Crippen molar-refractivity contribution in [3.8, 4) is 11.4 Å². The lowest BCUT2D eigenvalue weighted by molar-refractivity contribution is 0.340. The minimum absolute atomic E-state index is 0.242. The quantitative estimate of drug-likeness (QED) is 0.350. The van der Waals surface area contributed by atoms with Crippen LogP contribution in [0.25, 0.3) is 15.9 Å². The molecule has 1 aliphatic carbocycles. The number of fused-ring (bicyclic) bond motifs is 3. The molecule has 0 saturated heterocycles. The molecule has 5 nitrogen and oxygen atoms in total. The Morgan fingerprint density at radius 1 is 1.00 bits per heavy atom. The molecule has 0 spiro atoms. The van der Waals surface area contributed by atoms with Gasteiger partial charge in [0.1, 0.15) is 10.6 Å². The Kier molecular flexibility index (Phi) is 6.13. The molecule has 0 atom stereocenters. The van der Waals surface area contributed by atoms with Crippen LogP contribution in [-0.4, -0.2) is 15.7 Å². The maximum atomic E-state index is 13.8. The van der Waals surface area contributed by atoms with Crippen LogP contribution < -0.4 is 16.0 Å². The largest absolute Gasteiger partial charge is 0.494 e. The van der Waals surface area contributed by atoms with E-state index < -0.39 is 0 Å². The highest BCUT2D eigenvalue weighted by Crippen LogP contribution is 2.34. The predicted molar refractivity (Wildman–Crippen MR) is 135 cm³/mol. The SMILES string of the molecule is CCOc1ccc(-n2c(=O)c3c4c(sc3n(Cc3ccccc3Cl)c2=O)CCCCC4)cc1. The van der Waals surface area contributed by atoms with E-state index in [-0.39, 0.29) is 11.2 Å². The van der Waals surface area contributed by atoms with Gasteiger partial charge in [0.2, 0.25) is 0 Å². The van der Waals surface area contributed by atoms with Crippen LogP contribution in [0, 0.1) is 0 Å². The summed E-state index contributed by atoms with van der Waals surface area (Å²) < 4.78 is 8.55. The molecule has 1 aliphatic rings. The van der Waals surface area contributed by atoms with E-state index in [1.54, 1.807) is 40.2 Å². The molecule has 7 heteroatoms. The first-order valence-corrected chi connectivity index (χ1v) is 12.5. The number of benzene rings is 2. The molecule has 5 rings (SSSR count). The highest BCUT2D eigenvalue weighted by Gasteiger charge is 2.24. The summed E-state index contributed by atoms with van der Waals surface area (Å²) in [4.78, 5) is 29.5. The summed E-state index contributed by atoms with van der Waals surface area (Å²) in [5.74, 6) is 0.705. The van der Waals surface area contributed by atoms with E-state index in [0.29, 0.717) is 35.0 Å². The van der Waals surface area contributed by atoms with E-state index in [1.807, 2.05) is 31.2 Å². The molecule has 0 unspecified atom stereocenters. The van der Waals surface area contributed by atoms with E-state index in [0.717, 1.165) is 48.1 Å². The van der Waals surface area contributed by atoms with Gasteiger partial charge in [0.15, 0.2) is 0 Å². The van der Waals surface area contributed by atoms with Crippen LogP contribution in [-0.2, 0) is 19.4 Å². The lowest BCUT2D eigenvalue weighted by atomic mass is 10.1. The smallest absolute Gasteiger partial charge is 0.337 e. The first-order valence-electron chi connectivity index (χ1n) is 11.3. The third-order valence-corrected chi connectivity index (χ3v) is 7.86. The van der Waals surface area contributed by atoms with Crippen molar-refractivity contribution in [2.75, 3.05) is 6.61 Å². The van der Waals surface area contributed by atoms with Gasteiger partial charge in [-0.1, -0.05) is 36.2 Å². The van der Waals surface area contributed by atoms with Crippen molar-refractivity contribution in [1.82, 2.24) is 9.13 Å². The first kappa shape index (κ1) is 22.0.